The maximum atomic E-state index is 12.9. The molecule has 2 aromatic rings. The second kappa shape index (κ2) is 4.95. The van der Waals surface area contributed by atoms with Crippen molar-refractivity contribution >= 4 is 5.69 Å². The number of hydrogen-bond donors (Lipinski definition) is 1. The zero-order valence-corrected chi connectivity index (χ0v) is 9.50. The van der Waals surface area contributed by atoms with Gasteiger partial charge in [0.25, 0.3) is 0 Å². The molecule has 0 bridgehead atoms. The number of aryl methyl sites for hydroxylation is 1. The van der Waals surface area contributed by atoms with E-state index in [1.165, 1.54) is 24.3 Å². The molecule has 2 rings (SSSR count). The van der Waals surface area contributed by atoms with Crippen molar-refractivity contribution in [3.8, 4) is 0 Å². The third-order valence-corrected chi connectivity index (χ3v) is 2.56. The number of benzene rings is 2. The third-order valence-electron chi connectivity index (χ3n) is 2.56. The Hall–Kier alpha value is -1.90. The average Bonchev–Trinajstić information content (AvgIpc) is 2.28. The van der Waals surface area contributed by atoms with Crippen LogP contribution in [0.3, 0.4) is 0 Å². The van der Waals surface area contributed by atoms with Crippen LogP contribution in [0, 0.1) is 18.6 Å². The van der Waals surface area contributed by atoms with Crippen LogP contribution in [-0.2, 0) is 6.54 Å². The van der Waals surface area contributed by atoms with Gasteiger partial charge in [-0.3, -0.25) is 0 Å². The van der Waals surface area contributed by atoms with Crippen LogP contribution < -0.4 is 5.32 Å². The Kier molecular flexibility index (Phi) is 3.38. The van der Waals surface area contributed by atoms with Gasteiger partial charge in [0.05, 0.1) is 0 Å². The number of rotatable bonds is 3. The van der Waals surface area contributed by atoms with Crippen molar-refractivity contribution in [1.82, 2.24) is 0 Å². The lowest BCUT2D eigenvalue weighted by Gasteiger charge is -2.09. The highest BCUT2D eigenvalue weighted by atomic mass is 19.1. The standard InChI is InChI=1S/C14H13F2N/c1-10-7-13(16)5-6-14(10)17-9-11-3-2-4-12(15)8-11/h2-8,17H,9H2,1H3. The Morgan fingerprint density at radius 3 is 2.47 bits per heavy atom. The van der Waals surface area contributed by atoms with E-state index in [0.29, 0.717) is 6.54 Å². The first-order valence-corrected chi connectivity index (χ1v) is 5.39. The van der Waals surface area contributed by atoms with Gasteiger partial charge in [0, 0.05) is 12.2 Å². The van der Waals surface area contributed by atoms with Crippen LogP contribution in [0.15, 0.2) is 42.5 Å². The van der Waals surface area contributed by atoms with E-state index in [-0.39, 0.29) is 11.6 Å². The van der Waals surface area contributed by atoms with E-state index in [2.05, 4.69) is 5.32 Å². The van der Waals surface area contributed by atoms with Crippen molar-refractivity contribution in [3.05, 3.63) is 65.2 Å². The molecule has 0 fully saturated rings. The van der Waals surface area contributed by atoms with Crippen LogP contribution in [-0.4, -0.2) is 0 Å². The van der Waals surface area contributed by atoms with Crippen molar-refractivity contribution in [3.63, 3.8) is 0 Å². The van der Waals surface area contributed by atoms with Gasteiger partial charge in [-0.15, -0.1) is 0 Å². The van der Waals surface area contributed by atoms with E-state index in [0.717, 1.165) is 16.8 Å². The predicted molar refractivity (Wildman–Crippen MR) is 64.9 cm³/mol. The molecule has 17 heavy (non-hydrogen) atoms. The Morgan fingerprint density at radius 2 is 1.76 bits per heavy atom. The number of anilines is 1. The summed E-state index contributed by atoms with van der Waals surface area (Å²) in [4.78, 5) is 0. The molecule has 0 aromatic heterocycles. The zero-order chi connectivity index (χ0) is 12.3. The molecule has 0 saturated carbocycles. The quantitative estimate of drug-likeness (QED) is 0.848. The summed E-state index contributed by atoms with van der Waals surface area (Å²) in [6.45, 7) is 2.35. The maximum absolute atomic E-state index is 12.9. The molecule has 0 aliphatic carbocycles. The molecule has 0 atom stereocenters. The number of nitrogens with one attached hydrogen (secondary N) is 1. The molecule has 88 valence electrons. The molecule has 3 heteroatoms. The monoisotopic (exact) mass is 233 g/mol. The lowest BCUT2D eigenvalue weighted by Crippen LogP contribution is -2.01. The summed E-state index contributed by atoms with van der Waals surface area (Å²) in [5.41, 5.74) is 2.55. The van der Waals surface area contributed by atoms with E-state index in [1.807, 2.05) is 13.0 Å². The lowest BCUT2D eigenvalue weighted by atomic mass is 10.1. The number of hydrogen-bond acceptors (Lipinski definition) is 1. The lowest BCUT2D eigenvalue weighted by molar-refractivity contribution is 0.626. The highest BCUT2D eigenvalue weighted by Gasteiger charge is 2.00. The van der Waals surface area contributed by atoms with Gasteiger partial charge in [-0.25, -0.2) is 8.78 Å². The fourth-order valence-electron chi connectivity index (χ4n) is 1.67. The topological polar surface area (TPSA) is 12.0 Å². The second-order valence-corrected chi connectivity index (χ2v) is 3.94. The van der Waals surface area contributed by atoms with Gasteiger partial charge in [0.1, 0.15) is 11.6 Å². The SMILES string of the molecule is Cc1cc(F)ccc1NCc1cccc(F)c1. The molecular formula is C14H13F2N. The smallest absolute Gasteiger partial charge is 0.123 e. The molecule has 0 aliphatic heterocycles. The summed E-state index contributed by atoms with van der Waals surface area (Å²) in [6, 6.07) is 11.0. The van der Waals surface area contributed by atoms with Crippen molar-refractivity contribution in [1.29, 1.82) is 0 Å². The van der Waals surface area contributed by atoms with E-state index >= 15 is 0 Å². The highest BCUT2D eigenvalue weighted by molar-refractivity contribution is 5.50. The van der Waals surface area contributed by atoms with Gasteiger partial charge in [0.15, 0.2) is 0 Å². The van der Waals surface area contributed by atoms with Crippen LogP contribution in [0.4, 0.5) is 14.5 Å². The van der Waals surface area contributed by atoms with E-state index < -0.39 is 0 Å². The molecule has 0 spiro atoms. The second-order valence-electron chi connectivity index (χ2n) is 3.94. The normalized spacial score (nSPS) is 10.3. The Labute approximate surface area is 99.1 Å². The molecule has 1 nitrogen and oxygen atoms in total. The summed E-state index contributed by atoms with van der Waals surface area (Å²) < 4.78 is 25.8. The molecule has 0 aliphatic rings. The van der Waals surface area contributed by atoms with E-state index in [9.17, 15) is 8.78 Å². The summed E-state index contributed by atoms with van der Waals surface area (Å²) in [7, 11) is 0. The van der Waals surface area contributed by atoms with E-state index in [1.54, 1.807) is 12.1 Å². The predicted octanol–water partition coefficient (Wildman–Crippen LogP) is 3.89. The van der Waals surface area contributed by atoms with Crippen LogP contribution in [0.5, 0.6) is 0 Å². The van der Waals surface area contributed by atoms with Crippen LogP contribution >= 0.6 is 0 Å². The molecular weight excluding hydrogens is 220 g/mol. The van der Waals surface area contributed by atoms with Crippen molar-refractivity contribution in [2.24, 2.45) is 0 Å². The maximum Gasteiger partial charge on any atom is 0.123 e. The van der Waals surface area contributed by atoms with Gasteiger partial charge >= 0.3 is 0 Å². The minimum atomic E-state index is -0.251. The van der Waals surface area contributed by atoms with Gasteiger partial charge in [-0.05, 0) is 48.4 Å². The van der Waals surface area contributed by atoms with Gasteiger partial charge in [-0.1, -0.05) is 12.1 Å². The zero-order valence-electron chi connectivity index (χ0n) is 9.50. The Balaban J connectivity index is 2.07. The average molecular weight is 233 g/mol. The fourth-order valence-corrected chi connectivity index (χ4v) is 1.67. The Morgan fingerprint density at radius 1 is 1.00 bits per heavy atom. The summed E-state index contributed by atoms with van der Waals surface area (Å²) in [6.07, 6.45) is 0. The molecule has 1 N–H and O–H groups in total. The van der Waals surface area contributed by atoms with E-state index in [4.69, 9.17) is 0 Å². The van der Waals surface area contributed by atoms with Gasteiger partial charge in [-0.2, -0.15) is 0 Å². The molecule has 2 aromatic carbocycles. The van der Waals surface area contributed by atoms with Crippen molar-refractivity contribution in [2.45, 2.75) is 13.5 Å². The van der Waals surface area contributed by atoms with Gasteiger partial charge < -0.3 is 5.32 Å². The van der Waals surface area contributed by atoms with Crippen LogP contribution in [0.2, 0.25) is 0 Å². The third kappa shape index (κ3) is 3.03. The summed E-state index contributed by atoms with van der Waals surface area (Å²) >= 11 is 0. The minimum absolute atomic E-state index is 0.250. The minimum Gasteiger partial charge on any atom is -0.381 e. The molecule has 0 unspecified atom stereocenters. The molecule has 0 saturated heterocycles. The molecule has 0 amide bonds. The largest absolute Gasteiger partial charge is 0.381 e. The first-order valence-electron chi connectivity index (χ1n) is 5.39. The van der Waals surface area contributed by atoms with Crippen molar-refractivity contribution < 1.29 is 8.78 Å². The van der Waals surface area contributed by atoms with Gasteiger partial charge in [0.2, 0.25) is 0 Å². The molecule has 0 heterocycles. The highest BCUT2D eigenvalue weighted by Crippen LogP contribution is 2.16. The number of halogens is 2. The first kappa shape index (κ1) is 11.6. The summed E-state index contributed by atoms with van der Waals surface area (Å²) in [5.74, 6) is -0.501. The fraction of sp³-hybridized carbons (Fsp3) is 0.143. The van der Waals surface area contributed by atoms with Crippen LogP contribution in [0.1, 0.15) is 11.1 Å². The first-order chi connectivity index (χ1) is 8.15. The summed E-state index contributed by atoms with van der Waals surface area (Å²) in [5, 5.41) is 3.15. The molecule has 0 radical (unpaired) electrons. The van der Waals surface area contributed by atoms with Crippen LogP contribution in [0.25, 0.3) is 0 Å². The Bertz CT molecular complexity index is 523. The van der Waals surface area contributed by atoms with Crippen molar-refractivity contribution in [2.75, 3.05) is 5.32 Å².